The van der Waals surface area contributed by atoms with Gasteiger partial charge in [0, 0.05) is 4.47 Å². The third kappa shape index (κ3) is 3.45. The largest absolute Gasteiger partial charge is 0.394 e. The standard InChI is InChI=1S/C15H16BrNO3S/c1-12-11-14(7-8-15(12)16)21(19,20)17(9-10-18)13-5-3-2-4-6-13/h2-8,11,18H,9-10H2,1H3. The second-order valence-electron chi connectivity index (χ2n) is 4.55. The second-order valence-corrected chi connectivity index (χ2v) is 7.26. The molecular weight excluding hydrogens is 354 g/mol. The summed E-state index contributed by atoms with van der Waals surface area (Å²) in [6, 6.07) is 13.6. The molecular formula is C15H16BrNO3S. The summed E-state index contributed by atoms with van der Waals surface area (Å²) < 4.78 is 27.6. The van der Waals surface area contributed by atoms with E-state index in [4.69, 9.17) is 0 Å². The minimum absolute atomic E-state index is 0.0153. The van der Waals surface area contributed by atoms with E-state index in [-0.39, 0.29) is 18.0 Å². The first-order valence-electron chi connectivity index (χ1n) is 6.41. The normalized spacial score (nSPS) is 11.4. The third-order valence-corrected chi connectivity index (χ3v) is 5.78. The molecule has 21 heavy (non-hydrogen) atoms. The number of hydrogen-bond donors (Lipinski definition) is 1. The number of halogens is 1. The molecule has 2 aromatic carbocycles. The molecule has 0 aliphatic rings. The lowest BCUT2D eigenvalue weighted by Gasteiger charge is -2.24. The Kier molecular flexibility index (Phi) is 5.03. The average molecular weight is 370 g/mol. The molecule has 0 aliphatic heterocycles. The van der Waals surface area contributed by atoms with Crippen LogP contribution in [0.15, 0.2) is 57.9 Å². The molecule has 0 saturated heterocycles. The molecule has 0 fully saturated rings. The van der Waals surface area contributed by atoms with Gasteiger partial charge in [-0.05, 0) is 42.8 Å². The highest BCUT2D eigenvalue weighted by Gasteiger charge is 2.24. The number of aliphatic hydroxyl groups excluding tert-OH is 1. The lowest BCUT2D eigenvalue weighted by atomic mass is 10.2. The highest BCUT2D eigenvalue weighted by molar-refractivity contribution is 9.10. The summed E-state index contributed by atoms with van der Waals surface area (Å²) in [4.78, 5) is 0.209. The van der Waals surface area contributed by atoms with E-state index < -0.39 is 10.0 Å². The smallest absolute Gasteiger partial charge is 0.264 e. The second kappa shape index (κ2) is 6.60. The zero-order valence-corrected chi connectivity index (χ0v) is 13.9. The molecule has 0 aliphatic carbocycles. The molecule has 2 rings (SSSR count). The van der Waals surface area contributed by atoms with Crippen LogP contribution in [0, 0.1) is 6.92 Å². The number of para-hydroxylation sites is 1. The van der Waals surface area contributed by atoms with Crippen LogP contribution >= 0.6 is 15.9 Å². The Bertz CT molecular complexity index is 717. The van der Waals surface area contributed by atoms with Gasteiger partial charge in [-0.2, -0.15) is 0 Å². The molecule has 0 atom stereocenters. The first-order chi connectivity index (χ1) is 9.96. The quantitative estimate of drug-likeness (QED) is 0.881. The van der Waals surface area contributed by atoms with E-state index in [9.17, 15) is 13.5 Å². The summed E-state index contributed by atoms with van der Waals surface area (Å²) in [5.41, 5.74) is 1.38. The Morgan fingerprint density at radius 1 is 1.14 bits per heavy atom. The summed E-state index contributed by atoms with van der Waals surface area (Å²) in [7, 11) is -3.70. The van der Waals surface area contributed by atoms with Crippen LogP contribution in [-0.2, 0) is 10.0 Å². The Balaban J connectivity index is 2.50. The van der Waals surface area contributed by atoms with Crippen LogP contribution in [0.5, 0.6) is 0 Å². The summed E-state index contributed by atoms with van der Waals surface area (Å²) in [5.74, 6) is 0. The molecule has 6 heteroatoms. The predicted molar refractivity (Wildman–Crippen MR) is 86.9 cm³/mol. The lowest BCUT2D eigenvalue weighted by Crippen LogP contribution is -2.33. The van der Waals surface area contributed by atoms with Gasteiger partial charge in [-0.3, -0.25) is 4.31 Å². The summed E-state index contributed by atoms with van der Waals surface area (Å²) in [6.45, 7) is 1.60. The number of sulfonamides is 1. The van der Waals surface area contributed by atoms with Crippen LogP contribution < -0.4 is 4.31 Å². The molecule has 0 radical (unpaired) electrons. The number of benzene rings is 2. The van der Waals surface area contributed by atoms with Crippen molar-refractivity contribution in [1.29, 1.82) is 0 Å². The Hall–Kier alpha value is -1.37. The first kappa shape index (κ1) is 16.0. The molecule has 0 bridgehead atoms. The van der Waals surface area contributed by atoms with Crippen LogP contribution in [0.25, 0.3) is 0 Å². The number of hydrogen-bond acceptors (Lipinski definition) is 3. The van der Waals surface area contributed by atoms with E-state index in [0.717, 1.165) is 10.0 Å². The number of aryl methyl sites for hydroxylation is 1. The fourth-order valence-electron chi connectivity index (χ4n) is 1.98. The van der Waals surface area contributed by atoms with E-state index >= 15 is 0 Å². The minimum Gasteiger partial charge on any atom is -0.394 e. The molecule has 0 saturated carbocycles. The summed E-state index contributed by atoms with van der Waals surface area (Å²) in [5, 5.41) is 9.19. The topological polar surface area (TPSA) is 57.6 Å². The van der Waals surface area contributed by atoms with Gasteiger partial charge in [-0.25, -0.2) is 8.42 Å². The van der Waals surface area contributed by atoms with Gasteiger partial charge in [0.15, 0.2) is 0 Å². The lowest BCUT2D eigenvalue weighted by molar-refractivity contribution is 0.306. The van der Waals surface area contributed by atoms with Crippen LogP contribution in [-0.4, -0.2) is 26.7 Å². The Labute approximate surface area is 133 Å². The molecule has 1 N–H and O–H groups in total. The highest BCUT2D eigenvalue weighted by atomic mass is 79.9. The summed E-state index contributed by atoms with van der Waals surface area (Å²) in [6.07, 6.45) is 0. The van der Waals surface area contributed by atoms with Gasteiger partial charge in [0.2, 0.25) is 0 Å². The molecule has 0 amide bonds. The zero-order valence-electron chi connectivity index (χ0n) is 11.5. The van der Waals surface area contributed by atoms with Crippen molar-refractivity contribution in [1.82, 2.24) is 0 Å². The van der Waals surface area contributed by atoms with Gasteiger partial charge in [-0.1, -0.05) is 34.1 Å². The van der Waals surface area contributed by atoms with E-state index in [1.165, 1.54) is 4.31 Å². The maximum absolute atomic E-state index is 12.8. The van der Waals surface area contributed by atoms with Crippen LogP contribution in [0.2, 0.25) is 0 Å². The van der Waals surface area contributed by atoms with Crippen molar-refractivity contribution in [3.63, 3.8) is 0 Å². The van der Waals surface area contributed by atoms with E-state index in [1.807, 2.05) is 13.0 Å². The van der Waals surface area contributed by atoms with E-state index in [1.54, 1.807) is 42.5 Å². The maximum atomic E-state index is 12.8. The molecule has 4 nitrogen and oxygen atoms in total. The first-order valence-corrected chi connectivity index (χ1v) is 8.65. The van der Waals surface area contributed by atoms with Crippen molar-refractivity contribution in [2.75, 3.05) is 17.5 Å². The van der Waals surface area contributed by atoms with Crippen molar-refractivity contribution in [2.45, 2.75) is 11.8 Å². The molecule has 0 heterocycles. The monoisotopic (exact) mass is 369 g/mol. The molecule has 0 aromatic heterocycles. The van der Waals surface area contributed by atoms with Crippen molar-refractivity contribution in [2.24, 2.45) is 0 Å². The Morgan fingerprint density at radius 2 is 1.81 bits per heavy atom. The van der Waals surface area contributed by atoms with Crippen molar-refractivity contribution < 1.29 is 13.5 Å². The SMILES string of the molecule is Cc1cc(S(=O)(=O)N(CCO)c2ccccc2)ccc1Br. The van der Waals surface area contributed by atoms with Crippen LogP contribution in [0.3, 0.4) is 0 Å². The van der Waals surface area contributed by atoms with Gasteiger partial charge >= 0.3 is 0 Å². The molecule has 0 spiro atoms. The van der Waals surface area contributed by atoms with Crippen molar-refractivity contribution in [3.05, 3.63) is 58.6 Å². The third-order valence-electron chi connectivity index (χ3n) is 3.06. The van der Waals surface area contributed by atoms with Crippen LogP contribution in [0.1, 0.15) is 5.56 Å². The van der Waals surface area contributed by atoms with Crippen LogP contribution in [0.4, 0.5) is 5.69 Å². The Morgan fingerprint density at radius 3 is 2.38 bits per heavy atom. The van der Waals surface area contributed by atoms with Crippen molar-refractivity contribution in [3.8, 4) is 0 Å². The van der Waals surface area contributed by atoms with E-state index in [2.05, 4.69) is 15.9 Å². The fourth-order valence-corrected chi connectivity index (χ4v) is 3.77. The van der Waals surface area contributed by atoms with Gasteiger partial charge in [0.1, 0.15) is 0 Å². The molecule has 0 unspecified atom stereocenters. The molecule has 112 valence electrons. The van der Waals surface area contributed by atoms with E-state index in [0.29, 0.717) is 5.69 Å². The zero-order chi connectivity index (χ0) is 15.5. The number of anilines is 1. The summed E-state index contributed by atoms with van der Waals surface area (Å²) >= 11 is 3.36. The van der Waals surface area contributed by atoms with Crippen molar-refractivity contribution >= 4 is 31.6 Å². The van der Waals surface area contributed by atoms with Gasteiger partial charge < -0.3 is 5.11 Å². The van der Waals surface area contributed by atoms with Gasteiger partial charge in [0.25, 0.3) is 10.0 Å². The predicted octanol–water partition coefficient (Wildman–Crippen LogP) is 2.95. The number of aliphatic hydroxyl groups is 1. The maximum Gasteiger partial charge on any atom is 0.264 e. The number of rotatable bonds is 5. The van der Waals surface area contributed by atoms with Gasteiger partial charge in [0.05, 0.1) is 23.7 Å². The average Bonchev–Trinajstić information content (AvgIpc) is 2.48. The van der Waals surface area contributed by atoms with Gasteiger partial charge in [-0.15, -0.1) is 0 Å². The number of nitrogens with zero attached hydrogens (tertiary/aromatic N) is 1. The minimum atomic E-state index is -3.70. The fraction of sp³-hybridized carbons (Fsp3) is 0.200. The molecule has 2 aromatic rings. The highest BCUT2D eigenvalue weighted by Crippen LogP contribution is 2.26.